The zero-order chi connectivity index (χ0) is 11.1. The quantitative estimate of drug-likeness (QED) is 0.785. The van der Waals surface area contributed by atoms with Gasteiger partial charge in [0, 0.05) is 24.8 Å². The van der Waals surface area contributed by atoms with Gasteiger partial charge >= 0.3 is 0 Å². The third-order valence-electron chi connectivity index (χ3n) is 2.99. The van der Waals surface area contributed by atoms with Crippen LogP contribution in [0, 0.1) is 13.8 Å². The van der Waals surface area contributed by atoms with Crippen LogP contribution in [0.15, 0.2) is 6.07 Å². The van der Waals surface area contributed by atoms with Gasteiger partial charge in [0.2, 0.25) is 0 Å². The highest BCUT2D eigenvalue weighted by molar-refractivity contribution is 5.45. The predicted octanol–water partition coefficient (Wildman–Crippen LogP) is 1.02. The highest BCUT2D eigenvalue weighted by Crippen LogP contribution is 2.26. The molecule has 4 heteroatoms. The Balaban J connectivity index is 2.13. The van der Waals surface area contributed by atoms with Crippen molar-refractivity contribution in [1.29, 1.82) is 0 Å². The van der Waals surface area contributed by atoms with Gasteiger partial charge in [-0.25, -0.2) is 9.97 Å². The maximum atomic E-state index is 6.12. The molecule has 1 fully saturated rings. The molecule has 1 aliphatic heterocycles. The van der Waals surface area contributed by atoms with E-state index in [1.807, 2.05) is 19.9 Å². The molecule has 0 aliphatic carbocycles. The van der Waals surface area contributed by atoms with Crippen molar-refractivity contribution in [3.63, 3.8) is 0 Å². The number of nitrogens with zero attached hydrogens (tertiary/aromatic N) is 3. The highest BCUT2D eigenvalue weighted by atomic mass is 15.3. The van der Waals surface area contributed by atoms with Gasteiger partial charge in [-0.3, -0.25) is 0 Å². The molecule has 2 heterocycles. The fourth-order valence-electron chi connectivity index (χ4n) is 1.96. The van der Waals surface area contributed by atoms with E-state index in [2.05, 4.69) is 21.8 Å². The van der Waals surface area contributed by atoms with Gasteiger partial charge < -0.3 is 10.6 Å². The molecular formula is C11H18N4. The molecular weight excluding hydrogens is 188 g/mol. The molecule has 0 amide bonds. The fourth-order valence-corrected chi connectivity index (χ4v) is 1.96. The summed E-state index contributed by atoms with van der Waals surface area (Å²) in [5, 5.41) is 0. The predicted molar refractivity (Wildman–Crippen MR) is 60.9 cm³/mol. The Bertz CT molecular complexity index is 349. The van der Waals surface area contributed by atoms with Crippen LogP contribution in [0.4, 0.5) is 5.82 Å². The molecule has 2 rings (SSSR count). The Kier molecular flexibility index (Phi) is 2.38. The van der Waals surface area contributed by atoms with E-state index < -0.39 is 0 Å². The van der Waals surface area contributed by atoms with Crippen molar-refractivity contribution in [2.45, 2.75) is 32.7 Å². The minimum absolute atomic E-state index is 0.00718. The normalized spacial score (nSPS) is 18.8. The van der Waals surface area contributed by atoms with Gasteiger partial charge in [-0.15, -0.1) is 0 Å². The molecule has 1 aromatic heterocycles. The summed E-state index contributed by atoms with van der Waals surface area (Å²) in [7, 11) is 0. The van der Waals surface area contributed by atoms with Gasteiger partial charge in [-0.05, 0) is 20.3 Å². The minimum atomic E-state index is -0.00718. The van der Waals surface area contributed by atoms with Crippen LogP contribution in [-0.2, 0) is 0 Å². The molecule has 82 valence electrons. The summed E-state index contributed by atoms with van der Waals surface area (Å²) in [6.07, 6.45) is 1.02. The molecule has 0 unspecified atom stereocenters. The average molecular weight is 206 g/mol. The first kappa shape index (κ1) is 10.4. The lowest BCUT2D eigenvalue weighted by atomic mass is 9.88. The zero-order valence-corrected chi connectivity index (χ0v) is 9.62. The smallest absolute Gasteiger partial charge is 0.132 e. The van der Waals surface area contributed by atoms with E-state index in [0.29, 0.717) is 0 Å². The first-order valence-corrected chi connectivity index (χ1v) is 5.38. The summed E-state index contributed by atoms with van der Waals surface area (Å²) in [6.45, 7) is 7.85. The largest absolute Gasteiger partial charge is 0.353 e. The van der Waals surface area contributed by atoms with Crippen LogP contribution in [0.25, 0.3) is 0 Å². The van der Waals surface area contributed by atoms with E-state index in [0.717, 1.165) is 36.8 Å². The van der Waals surface area contributed by atoms with Crippen LogP contribution in [0.2, 0.25) is 0 Å². The summed E-state index contributed by atoms with van der Waals surface area (Å²) >= 11 is 0. The maximum Gasteiger partial charge on any atom is 0.132 e. The average Bonchev–Trinajstić information content (AvgIpc) is 2.11. The van der Waals surface area contributed by atoms with E-state index in [4.69, 9.17) is 5.73 Å². The van der Waals surface area contributed by atoms with Crippen molar-refractivity contribution in [3.05, 3.63) is 17.6 Å². The Morgan fingerprint density at radius 1 is 1.40 bits per heavy atom. The second-order valence-electron chi connectivity index (χ2n) is 4.49. The fraction of sp³-hybridized carbons (Fsp3) is 0.636. The number of hydrogen-bond acceptors (Lipinski definition) is 4. The summed E-state index contributed by atoms with van der Waals surface area (Å²) in [5.74, 6) is 1.84. The summed E-state index contributed by atoms with van der Waals surface area (Å²) in [5.41, 5.74) is 7.13. The Morgan fingerprint density at radius 2 is 2.07 bits per heavy atom. The van der Waals surface area contributed by atoms with Gasteiger partial charge in [0.15, 0.2) is 0 Å². The number of aromatic nitrogens is 2. The molecule has 0 bridgehead atoms. The van der Waals surface area contributed by atoms with E-state index in [1.165, 1.54) is 0 Å². The molecule has 15 heavy (non-hydrogen) atoms. The number of anilines is 1. The van der Waals surface area contributed by atoms with E-state index in [1.54, 1.807) is 0 Å². The first-order valence-electron chi connectivity index (χ1n) is 5.38. The number of hydrogen-bond donors (Lipinski definition) is 1. The SMILES string of the molecule is CCC1(N)CN(c2cc(C)nc(C)n2)C1. The van der Waals surface area contributed by atoms with Crippen LogP contribution >= 0.6 is 0 Å². The molecule has 0 spiro atoms. The van der Waals surface area contributed by atoms with Crippen LogP contribution in [0.3, 0.4) is 0 Å². The standard InChI is InChI=1S/C11H18N4/c1-4-11(12)6-15(7-11)10-5-8(2)13-9(3)14-10/h5H,4,6-7,12H2,1-3H3. The van der Waals surface area contributed by atoms with Gasteiger partial charge in [0.05, 0.1) is 5.54 Å². The molecule has 0 atom stereocenters. The third-order valence-corrected chi connectivity index (χ3v) is 2.99. The monoisotopic (exact) mass is 206 g/mol. The summed E-state index contributed by atoms with van der Waals surface area (Å²) in [6, 6.07) is 2.02. The molecule has 0 saturated carbocycles. The molecule has 0 aromatic carbocycles. The first-order chi connectivity index (χ1) is 7.02. The van der Waals surface area contributed by atoms with Crippen molar-refractivity contribution in [2.24, 2.45) is 5.73 Å². The van der Waals surface area contributed by atoms with Gasteiger partial charge in [-0.1, -0.05) is 6.92 Å². The molecule has 1 aromatic rings. The lowest BCUT2D eigenvalue weighted by Gasteiger charge is -2.48. The second kappa shape index (κ2) is 3.45. The second-order valence-corrected chi connectivity index (χ2v) is 4.49. The molecule has 0 radical (unpaired) electrons. The van der Waals surface area contributed by atoms with Crippen LogP contribution < -0.4 is 10.6 Å². The topological polar surface area (TPSA) is 55.0 Å². The lowest BCUT2D eigenvalue weighted by molar-refractivity contribution is 0.320. The number of rotatable bonds is 2. The zero-order valence-electron chi connectivity index (χ0n) is 9.62. The maximum absolute atomic E-state index is 6.12. The van der Waals surface area contributed by atoms with Gasteiger partial charge in [-0.2, -0.15) is 0 Å². The van der Waals surface area contributed by atoms with E-state index in [-0.39, 0.29) is 5.54 Å². The van der Waals surface area contributed by atoms with Crippen molar-refractivity contribution in [3.8, 4) is 0 Å². The molecule has 2 N–H and O–H groups in total. The van der Waals surface area contributed by atoms with Crippen molar-refractivity contribution in [2.75, 3.05) is 18.0 Å². The van der Waals surface area contributed by atoms with Crippen LogP contribution in [-0.4, -0.2) is 28.6 Å². The van der Waals surface area contributed by atoms with Crippen molar-refractivity contribution >= 4 is 5.82 Å². The van der Waals surface area contributed by atoms with E-state index >= 15 is 0 Å². The molecule has 1 aliphatic rings. The number of aryl methyl sites for hydroxylation is 2. The summed E-state index contributed by atoms with van der Waals surface area (Å²) < 4.78 is 0. The highest BCUT2D eigenvalue weighted by Gasteiger charge is 2.38. The van der Waals surface area contributed by atoms with Gasteiger partial charge in [0.25, 0.3) is 0 Å². The van der Waals surface area contributed by atoms with Crippen molar-refractivity contribution in [1.82, 2.24) is 9.97 Å². The minimum Gasteiger partial charge on any atom is -0.353 e. The lowest BCUT2D eigenvalue weighted by Crippen LogP contribution is -2.67. The number of nitrogens with two attached hydrogens (primary N) is 1. The van der Waals surface area contributed by atoms with E-state index in [9.17, 15) is 0 Å². The summed E-state index contributed by atoms with van der Waals surface area (Å²) in [4.78, 5) is 10.9. The van der Waals surface area contributed by atoms with Crippen LogP contribution in [0.5, 0.6) is 0 Å². The third kappa shape index (κ3) is 1.95. The van der Waals surface area contributed by atoms with Gasteiger partial charge in [0.1, 0.15) is 11.6 Å². The van der Waals surface area contributed by atoms with Crippen LogP contribution in [0.1, 0.15) is 24.9 Å². The Hall–Kier alpha value is -1.16. The Morgan fingerprint density at radius 3 is 2.60 bits per heavy atom. The Labute approximate surface area is 90.5 Å². The molecule has 4 nitrogen and oxygen atoms in total. The molecule has 1 saturated heterocycles. The van der Waals surface area contributed by atoms with Crippen molar-refractivity contribution < 1.29 is 0 Å².